The number of nitrogens with zero attached hydrogens (tertiary/aromatic N) is 2. The number of nitrogen functional groups attached to an aromatic ring is 1. The number of nitrogens with two attached hydrogens (primary N) is 1. The molecule has 0 spiro atoms. The van der Waals surface area contributed by atoms with Crippen LogP contribution >= 0.6 is 0 Å². The molecule has 0 unspecified atom stereocenters. The molecule has 17 heavy (non-hydrogen) atoms. The minimum atomic E-state index is -4.40. The number of benzene rings is 1. The molecule has 0 aliphatic rings. The van der Waals surface area contributed by atoms with Crippen LogP contribution in [0.2, 0.25) is 0 Å². The topological polar surface area (TPSA) is 43.8 Å². The Balaban J connectivity index is 2.77. The average Bonchev–Trinajstić information content (AvgIpc) is 2.52. The lowest BCUT2D eigenvalue weighted by Gasteiger charge is -2.09. The molecule has 0 saturated heterocycles. The van der Waals surface area contributed by atoms with Crippen LogP contribution in [0, 0.1) is 6.92 Å². The summed E-state index contributed by atoms with van der Waals surface area (Å²) in [7, 11) is 0. The van der Waals surface area contributed by atoms with Crippen molar-refractivity contribution in [1.29, 1.82) is 0 Å². The standard InChI is InChI=1S/C11H12F3N3/c1-3-17-6(2)16-9-5-7(11(12,13)14)4-8(15)10(9)17/h4-5H,3,15H2,1-2H3. The van der Waals surface area contributed by atoms with Gasteiger partial charge >= 0.3 is 6.18 Å². The summed E-state index contributed by atoms with van der Waals surface area (Å²) < 4.78 is 39.6. The number of imidazole rings is 1. The molecule has 0 amide bonds. The maximum Gasteiger partial charge on any atom is 0.416 e. The lowest BCUT2D eigenvalue weighted by Crippen LogP contribution is -2.06. The summed E-state index contributed by atoms with van der Waals surface area (Å²) in [4.78, 5) is 4.10. The third-order valence-corrected chi connectivity index (χ3v) is 2.71. The SMILES string of the molecule is CCn1c(C)nc2cc(C(F)(F)F)cc(N)c21. The van der Waals surface area contributed by atoms with Crippen molar-refractivity contribution < 1.29 is 13.2 Å². The van der Waals surface area contributed by atoms with Crippen molar-refractivity contribution in [1.82, 2.24) is 9.55 Å². The van der Waals surface area contributed by atoms with Crippen molar-refractivity contribution in [2.75, 3.05) is 5.73 Å². The van der Waals surface area contributed by atoms with Crippen molar-refractivity contribution in [3.8, 4) is 0 Å². The molecule has 0 saturated carbocycles. The molecule has 0 radical (unpaired) electrons. The molecule has 0 atom stereocenters. The fraction of sp³-hybridized carbons (Fsp3) is 0.364. The largest absolute Gasteiger partial charge is 0.416 e. The molecule has 2 N–H and O–H groups in total. The van der Waals surface area contributed by atoms with Gasteiger partial charge in [0.15, 0.2) is 0 Å². The number of aromatic nitrogens is 2. The van der Waals surface area contributed by atoms with Gasteiger partial charge in [0.05, 0.1) is 22.3 Å². The lowest BCUT2D eigenvalue weighted by molar-refractivity contribution is -0.137. The highest BCUT2D eigenvalue weighted by Crippen LogP contribution is 2.34. The van der Waals surface area contributed by atoms with Gasteiger partial charge in [0, 0.05) is 6.54 Å². The molecule has 3 nitrogen and oxygen atoms in total. The van der Waals surface area contributed by atoms with E-state index in [9.17, 15) is 13.2 Å². The first-order chi connectivity index (χ1) is 7.84. The Morgan fingerprint density at radius 3 is 2.53 bits per heavy atom. The molecule has 1 aromatic heterocycles. The molecule has 2 rings (SSSR count). The molecule has 0 fully saturated rings. The summed E-state index contributed by atoms with van der Waals surface area (Å²) in [5.41, 5.74) is 5.89. The van der Waals surface area contributed by atoms with E-state index in [-0.39, 0.29) is 11.2 Å². The Morgan fingerprint density at radius 2 is 2.00 bits per heavy atom. The average molecular weight is 243 g/mol. The van der Waals surface area contributed by atoms with Gasteiger partial charge in [-0.25, -0.2) is 4.98 Å². The van der Waals surface area contributed by atoms with E-state index in [4.69, 9.17) is 5.73 Å². The van der Waals surface area contributed by atoms with Gasteiger partial charge in [-0.1, -0.05) is 0 Å². The highest BCUT2D eigenvalue weighted by Gasteiger charge is 2.31. The van der Waals surface area contributed by atoms with Gasteiger partial charge in [0.25, 0.3) is 0 Å². The zero-order chi connectivity index (χ0) is 12.8. The van der Waals surface area contributed by atoms with E-state index in [0.717, 1.165) is 12.1 Å². The van der Waals surface area contributed by atoms with Crippen LogP contribution in [0.4, 0.5) is 18.9 Å². The molecule has 1 aromatic carbocycles. The van der Waals surface area contributed by atoms with Gasteiger partial charge in [0.1, 0.15) is 5.82 Å². The molecule has 92 valence electrons. The molecule has 0 aliphatic carbocycles. The third kappa shape index (κ3) is 1.83. The van der Waals surface area contributed by atoms with E-state index in [1.807, 2.05) is 6.92 Å². The van der Waals surface area contributed by atoms with E-state index in [2.05, 4.69) is 4.98 Å². The van der Waals surface area contributed by atoms with Crippen LogP contribution in [-0.4, -0.2) is 9.55 Å². The second-order valence-corrected chi connectivity index (χ2v) is 3.83. The Hall–Kier alpha value is -1.72. The number of rotatable bonds is 1. The van der Waals surface area contributed by atoms with Crippen molar-refractivity contribution in [2.24, 2.45) is 0 Å². The first-order valence-electron chi connectivity index (χ1n) is 5.18. The maximum absolute atomic E-state index is 12.6. The van der Waals surface area contributed by atoms with Gasteiger partial charge in [-0.2, -0.15) is 13.2 Å². The van der Waals surface area contributed by atoms with Crippen LogP contribution in [0.25, 0.3) is 11.0 Å². The molecular formula is C11H12F3N3. The van der Waals surface area contributed by atoms with Crippen LogP contribution in [0.5, 0.6) is 0 Å². The van der Waals surface area contributed by atoms with E-state index < -0.39 is 11.7 Å². The number of hydrogen-bond acceptors (Lipinski definition) is 2. The van der Waals surface area contributed by atoms with E-state index >= 15 is 0 Å². The molecule has 0 bridgehead atoms. The minimum Gasteiger partial charge on any atom is -0.397 e. The number of anilines is 1. The van der Waals surface area contributed by atoms with E-state index in [1.165, 1.54) is 0 Å². The van der Waals surface area contributed by atoms with Gasteiger partial charge in [0.2, 0.25) is 0 Å². The first-order valence-corrected chi connectivity index (χ1v) is 5.18. The number of alkyl halides is 3. The summed E-state index contributed by atoms with van der Waals surface area (Å²) in [6.07, 6.45) is -4.40. The fourth-order valence-electron chi connectivity index (χ4n) is 1.97. The van der Waals surface area contributed by atoms with Crippen molar-refractivity contribution in [2.45, 2.75) is 26.6 Å². The summed E-state index contributed by atoms with van der Waals surface area (Å²) in [6, 6.07) is 1.99. The predicted molar refractivity (Wildman–Crippen MR) is 59.6 cm³/mol. The summed E-state index contributed by atoms with van der Waals surface area (Å²) in [6.45, 7) is 4.26. The number of fused-ring (bicyclic) bond motifs is 1. The predicted octanol–water partition coefficient (Wildman–Crippen LogP) is 2.97. The zero-order valence-electron chi connectivity index (χ0n) is 9.47. The minimum absolute atomic E-state index is 0.109. The third-order valence-electron chi connectivity index (χ3n) is 2.71. The Kier molecular flexibility index (Phi) is 2.52. The number of hydrogen-bond donors (Lipinski definition) is 1. The Labute approximate surface area is 96.0 Å². The fourth-order valence-corrected chi connectivity index (χ4v) is 1.97. The Morgan fingerprint density at radius 1 is 1.35 bits per heavy atom. The van der Waals surface area contributed by atoms with Crippen LogP contribution in [-0.2, 0) is 12.7 Å². The normalized spacial score (nSPS) is 12.3. The second kappa shape index (κ2) is 3.65. The smallest absolute Gasteiger partial charge is 0.397 e. The number of aryl methyl sites for hydroxylation is 2. The molecule has 6 heteroatoms. The van der Waals surface area contributed by atoms with Crippen LogP contribution < -0.4 is 5.73 Å². The highest BCUT2D eigenvalue weighted by molar-refractivity contribution is 5.88. The molecule has 2 aromatic rings. The van der Waals surface area contributed by atoms with Crippen LogP contribution in [0.15, 0.2) is 12.1 Å². The summed E-state index contributed by atoms with van der Waals surface area (Å²) in [5, 5.41) is 0. The van der Waals surface area contributed by atoms with Gasteiger partial charge in [-0.3, -0.25) is 0 Å². The molecule has 1 heterocycles. The van der Waals surface area contributed by atoms with Crippen molar-refractivity contribution >= 4 is 16.7 Å². The van der Waals surface area contributed by atoms with Gasteiger partial charge in [-0.15, -0.1) is 0 Å². The quantitative estimate of drug-likeness (QED) is 0.782. The summed E-state index contributed by atoms with van der Waals surface area (Å²) in [5.74, 6) is 0.661. The van der Waals surface area contributed by atoms with Gasteiger partial charge < -0.3 is 10.3 Å². The van der Waals surface area contributed by atoms with Crippen LogP contribution in [0.3, 0.4) is 0 Å². The van der Waals surface area contributed by atoms with Crippen LogP contribution in [0.1, 0.15) is 18.3 Å². The van der Waals surface area contributed by atoms with E-state index in [1.54, 1.807) is 11.5 Å². The first kappa shape index (κ1) is 11.8. The maximum atomic E-state index is 12.6. The van der Waals surface area contributed by atoms with Crippen molar-refractivity contribution in [3.63, 3.8) is 0 Å². The van der Waals surface area contributed by atoms with Gasteiger partial charge in [-0.05, 0) is 26.0 Å². The highest BCUT2D eigenvalue weighted by atomic mass is 19.4. The second-order valence-electron chi connectivity index (χ2n) is 3.83. The molecule has 0 aliphatic heterocycles. The Bertz CT molecular complexity index is 569. The zero-order valence-corrected chi connectivity index (χ0v) is 9.47. The lowest BCUT2D eigenvalue weighted by atomic mass is 10.1. The van der Waals surface area contributed by atoms with E-state index in [0.29, 0.717) is 17.9 Å². The molecular weight excluding hydrogens is 231 g/mol. The monoisotopic (exact) mass is 243 g/mol. The van der Waals surface area contributed by atoms with Crippen molar-refractivity contribution in [3.05, 3.63) is 23.5 Å². The summed E-state index contributed by atoms with van der Waals surface area (Å²) >= 11 is 0. The number of halogens is 3.